The molecule has 1 N–H and O–H groups in total. The molecule has 0 saturated carbocycles. The van der Waals surface area contributed by atoms with Crippen molar-refractivity contribution in [3.63, 3.8) is 0 Å². The number of nitrogens with one attached hydrogen (secondary N) is 1. The Hall–Kier alpha value is -1.39. The van der Waals surface area contributed by atoms with Crippen molar-refractivity contribution in [3.8, 4) is 0 Å². The maximum Gasteiger partial charge on any atom is 0.324 e. The molecule has 2 rings (SSSR count). The van der Waals surface area contributed by atoms with Gasteiger partial charge in [-0.1, -0.05) is 30.3 Å². The second kappa shape index (κ2) is 6.52. The van der Waals surface area contributed by atoms with Gasteiger partial charge in [-0.25, -0.2) is 0 Å². The number of rotatable bonds is 4. The lowest BCUT2D eigenvalue weighted by Crippen LogP contribution is -2.54. The van der Waals surface area contributed by atoms with Crippen LogP contribution in [0.1, 0.15) is 5.56 Å². The Kier molecular flexibility index (Phi) is 4.73. The number of carbonyl (C=O) groups is 1. The summed E-state index contributed by atoms with van der Waals surface area (Å²) in [6.45, 7) is 3.55. The van der Waals surface area contributed by atoms with Crippen molar-refractivity contribution in [3.05, 3.63) is 35.9 Å². The first kappa shape index (κ1) is 13.1. The first-order valence-electron chi connectivity index (χ1n) is 6.37. The molecule has 0 unspecified atom stereocenters. The third-order valence-corrected chi connectivity index (χ3v) is 3.30. The number of hydrogen-bond acceptors (Lipinski definition) is 4. The van der Waals surface area contributed by atoms with Crippen LogP contribution in [0.4, 0.5) is 0 Å². The fraction of sp³-hybridized carbons (Fsp3) is 0.500. The van der Waals surface area contributed by atoms with E-state index in [1.54, 1.807) is 0 Å². The topological polar surface area (TPSA) is 41.6 Å². The zero-order chi connectivity index (χ0) is 12.8. The number of ether oxygens (including phenoxy) is 1. The van der Waals surface area contributed by atoms with Crippen LogP contribution in [-0.4, -0.2) is 50.2 Å². The average Bonchev–Trinajstić information content (AvgIpc) is 2.45. The monoisotopic (exact) mass is 248 g/mol. The third kappa shape index (κ3) is 3.55. The molecule has 0 bridgehead atoms. The SMILES string of the molecule is COC(=O)[C@@H]1CN(CCc2ccccc2)CCN1. The molecule has 1 heterocycles. The minimum absolute atomic E-state index is 0.167. The van der Waals surface area contributed by atoms with Gasteiger partial charge in [0.25, 0.3) is 0 Å². The third-order valence-electron chi connectivity index (χ3n) is 3.30. The van der Waals surface area contributed by atoms with E-state index in [9.17, 15) is 4.79 Å². The van der Waals surface area contributed by atoms with Crippen molar-refractivity contribution in [1.82, 2.24) is 10.2 Å². The highest BCUT2D eigenvalue weighted by atomic mass is 16.5. The molecule has 4 heteroatoms. The van der Waals surface area contributed by atoms with E-state index >= 15 is 0 Å². The van der Waals surface area contributed by atoms with Gasteiger partial charge in [0.15, 0.2) is 0 Å². The largest absolute Gasteiger partial charge is 0.468 e. The highest BCUT2D eigenvalue weighted by Gasteiger charge is 2.25. The van der Waals surface area contributed by atoms with Crippen molar-refractivity contribution < 1.29 is 9.53 Å². The van der Waals surface area contributed by atoms with E-state index in [-0.39, 0.29) is 12.0 Å². The predicted octanol–water partition coefficient (Wildman–Crippen LogP) is 0.676. The molecule has 0 amide bonds. The predicted molar refractivity (Wildman–Crippen MR) is 70.4 cm³/mol. The Labute approximate surface area is 108 Å². The van der Waals surface area contributed by atoms with Crippen LogP contribution < -0.4 is 5.32 Å². The van der Waals surface area contributed by atoms with Crippen LogP contribution in [0.3, 0.4) is 0 Å². The Balaban J connectivity index is 1.81. The summed E-state index contributed by atoms with van der Waals surface area (Å²) in [6, 6.07) is 10.2. The van der Waals surface area contributed by atoms with Gasteiger partial charge in [0.2, 0.25) is 0 Å². The average molecular weight is 248 g/mol. The number of benzene rings is 1. The second-order valence-corrected chi connectivity index (χ2v) is 4.57. The summed E-state index contributed by atoms with van der Waals surface area (Å²) in [7, 11) is 1.44. The summed E-state index contributed by atoms with van der Waals surface area (Å²) in [6.07, 6.45) is 1.02. The lowest BCUT2D eigenvalue weighted by atomic mass is 10.1. The number of esters is 1. The second-order valence-electron chi connectivity index (χ2n) is 4.57. The van der Waals surface area contributed by atoms with Crippen LogP contribution >= 0.6 is 0 Å². The summed E-state index contributed by atoms with van der Waals surface area (Å²) >= 11 is 0. The summed E-state index contributed by atoms with van der Waals surface area (Å²) in [4.78, 5) is 13.8. The zero-order valence-corrected chi connectivity index (χ0v) is 10.8. The summed E-state index contributed by atoms with van der Waals surface area (Å²) in [5.41, 5.74) is 1.34. The summed E-state index contributed by atoms with van der Waals surface area (Å²) in [5, 5.41) is 3.18. The van der Waals surface area contributed by atoms with Crippen molar-refractivity contribution >= 4 is 5.97 Å². The van der Waals surface area contributed by atoms with Crippen molar-refractivity contribution in [2.24, 2.45) is 0 Å². The maximum absolute atomic E-state index is 11.5. The Morgan fingerprint density at radius 1 is 1.44 bits per heavy atom. The fourth-order valence-electron chi connectivity index (χ4n) is 2.25. The summed E-state index contributed by atoms with van der Waals surface area (Å²) < 4.78 is 4.77. The Morgan fingerprint density at radius 2 is 2.22 bits per heavy atom. The molecule has 0 spiro atoms. The van der Waals surface area contributed by atoms with Gasteiger partial charge in [0, 0.05) is 26.2 Å². The van der Waals surface area contributed by atoms with Gasteiger partial charge in [-0.2, -0.15) is 0 Å². The molecule has 1 atom stereocenters. The van der Waals surface area contributed by atoms with Gasteiger partial charge < -0.3 is 10.1 Å². The molecule has 0 radical (unpaired) electrons. The fourth-order valence-corrected chi connectivity index (χ4v) is 2.25. The van der Waals surface area contributed by atoms with Crippen LogP contribution in [0.5, 0.6) is 0 Å². The van der Waals surface area contributed by atoms with E-state index in [1.165, 1.54) is 12.7 Å². The van der Waals surface area contributed by atoms with Crippen molar-refractivity contribution in [2.45, 2.75) is 12.5 Å². The quantitative estimate of drug-likeness (QED) is 0.796. The molecule has 18 heavy (non-hydrogen) atoms. The number of carbonyl (C=O) groups excluding carboxylic acids is 1. The lowest BCUT2D eigenvalue weighted by molar-refractivity contribution is -0.144. The molecule has 1 fully saturated rings. The van der Waals surface area contributed by atoms with Gasteiger partial charge in [0.1, 0.15) is 6.04 Å². The minimum atomic E-state index is -0.181. The van der Waals surface area contributed by atoms with Crippen LogP contribution in [0.25, 0.3) is 0 Å². The smallest absolute Gasteiger partial charge is 0.324 e. The van der Waals surface area contributed by atoms with E-state index in [4.69, 9.17) is 4.74 Å². The molecular formula is C14H20N2O2. The van der Waals surface area contributed by atoms with E-state index in [0.29, 0.717) is 0 Å². The number of methoxy groups -OCH3 is 1. The van der Waals surface area contributed by atoms with Crippen LogP contribution in [-0.2, 0) is 16.0 Å². The van der Waals surface area contributed by atoms with Gasteiger partial charge in [-0.05, 0) is 12.0 Å². The molecule has 4 nitrogen and oxygen atoms in total. The van der Waals surface area contributed by atoms with E-state index in [1.807, 2.05) is 6.07 Å². The van der Waals surface area contributed by atoms with Crippen molar-refractivity contribution in [1.29, 1.82) is 0 Å². The van der Waals surface area contributed by atoms with E-state index in [2.05, 4.69) is 34.5 Å². The van der Waals surface area contributed by atoms with Crippen LogP contribution in [0.15, 0.2) is 30.3 Å². The molecule has 1 aliphatic rings. The molecule has 1 aromatic rings. The standard InChI is InChI=1S/C14H20N2O2/c1-18-14(17)13-11-16(10-8-15-13)9-7-12-5-3-2-4-6-12/h2-6,13,15H,7-11H2,1H3/t13-/m0/s1. The van der Waals surface area contributed by atoms with Gasteiger partial charge in [0.05, 0.1) is 7.11 Å². The highest BCUT2D eigenvalue weighted by Crippen LogP contribution is 2.05. The highest BCUT2D eigenvalue weighted by molar-refractivity contribution is 5.76. The maximum atomic E-state index is 11.5. The molecule has 1 aliphatic heterocycles. The summed E-state index contributed by atoms with van der Waals surface area (Å²) in [5.74, 6) is -0.167. The lowest BCUT2D eigenvalue weighted by Gasteiger charge is -2.32. The molecule has 0 aliphatic carbocycles. The Morgan fingerprint density at radius 3 is 2.94 bits per heavy atom. The molecular weight excluding hydrogens is 228 g/mol. The molecule has 1 saturated heterocycles. The number of nitrogens with zero attached hydrogens (tertiary/aromatic N) is 1. The molecule has 0 aromatic heterocycles. The number of hydrogen-bond donors (Lipinski definition) is 1. The number of piperazine rings is 1. The van der Waals surface area contributed by atoms with Crippen LogP contribution in [0.2, 0.25) is 0 Å². The van der Waals surface area contributed by atoms with Crippen LogP contribution in [0, 0.1) is 0 Å². The van der Waals surface area contributed by atoms with E-state index < -0.39 is 0 Å². The molecule has 98 valence electrons. The van der Waals surface area contributed by atoms with Gasteiger partial charge in [-0.15, -0.1) is 0 Å². The molecule has 1 aromatic carbocycles. The van der Waals surface area contributed by atoms with E-state index in [0.717, 1.165) is 32.6 Å². The zero-order valence-electron chi connectivity index (χ0n) is 10.8. The van der Waals surface area contributed by atoms with Gasteiger partial charge >= 0.3 is 5.97 Å². The minimum Gasteiger partial charge on any atom is -0.468 e. The first-order chi connectivity index (χ1) is 8.79. The Bertz CT molecular complexity index is 381. The first-order valence-corrected chi connectivity index (χ1v) is 6.37. The normalized spacial score (nSPS) is 20.6. The van der Waals surface area contributed by atoms with Gasteiger partial charge in [-0.3, -0.25) is 9.69 Å². The van der Waals surface area contributed by atoms with Crippen molar-refractivity contribution in [2.75, 3.05) is 33.3 Å².